The lowest BCUT2D eigenvalue weighted by Crippen LogP contribution is -2.33. The smallest absolute Gasteiger partial charge is 0.232 e. The molecule has 0 atom stereocenters. The topological polar surface area (TPSA) is 20.3 Å². The van der Waals surface area contributed by atoms with E-state index < -0.39 is 0 Å². The predicted molar refractivity (Wildman–Crippen MR) is 89.3 cm³/mol. The Morgan fingerprint density at radius 1 is 1.10 bits per heavy atom. The first-order chi connectivity index (χ1) is 9.71. The monoisotopic (exact) mass is 313 g/mol. The Morgan fingerprint density at radius 2 is 1.65 bits per heavy atom. The van der Waals surface area contributed by atoms with Crippen molar-refractivity contribution in [3.8, 4) is 0 Å². The van der Waals surface area contributed by atoms with Crippen LogP contribution in [0, 0.1) is 0 Å². The van der Waals surface area contributed by atoms with Gasteiger partial charge in [0.2, 0.25) is 5.91 Å². The van der Waals surface area contributed by atoms with Crippen molar-refractivity contribution in [2.75, 3.05) is 18.8 Å². The second-order valence-corrected chi connectivity index (χ2v) is 6.08. The third-order valence-corrected chi connectivity index (χ3v) is 4.31. The molecular weight excluding hydrogens is 290 g/mol. The molecule has 1 aromatic carbocycles. The van der Waals surface area contributed by atoms with Crippen LogP contribution >= 0.6 is 23.4 Å². The number of carbonyl (C=O) groups excluding carboxylic acids is 1. The maximum Gasteiger partial charge on any atom is 0.232 e. The molecule has 0 saturated heterocycles. The summed E-state index contributed by atoms with van der Waals surface area (Å²) in [6, 6.07) is 8.27. The molecule has 112 valence electrons. The highest BCUT2D eigenvalue weighted by atomic mass is 35.5. The molecule has 0 spiro atoms. The van der Waals surface area contributed by atoms with Gasteiger partial charge in [0.15, 0.2) is 0 Å². The lowest BCUT2D eigenvalue weighted by Gasteiger charge is -2.21. The SMILES string of the molecule is CCCN(CCC)C(=O)CSCc1ccc(CCl)cc1. The summed E-state index contributed by atoms with van der Waals surface area (Å²) in [6.07, 6.45) is 2.05. The van der Waals surface area contributed by atoms with Gasteiger partial charge in [-0.15, -0.1) is 23.4 Å². The summed E-state index contributed by atoms with van der Waals surface area (Å²) in [5, 5.41) is 0. The molecule has 4 heteroatoms. The van der Waals surface area contributed by atoms with E-state index in [0.29, 0.717) is 11.6 Å². The van der Waals surface area contributed by atoms with E-state index in [1.54, 1.807) is 11.8 Å². The van der Waals surface area contributed by atoms with E-state index in [9.17, 15) is 4.79 Å². The number of amides is 1. The molecule has 0 bridgehead atoms. The molecule has 1 amide bonds. The van der Waals surface area contributed by atoms with Crippen molar-refractivity contribution in [1.82, 2.24) is 4.90 Å². The average Bonchev–Trinajstić information content (AvgIpc) is 2.47. The summed E-state index contributed by atoms with van der Waals surface area (Å²) in [7, 11) is 0. The molecule has 0 aliphatic rings. The molecule has 2 nitrogen and oxygen atoms in total. The van der Waals surface area contributed by atoms with Crippen molar-refractivity contribution in [2.24, 2.45) is 0 Å². The van der Waals surface area contributed by atoms with E-state index in [4.69, 9.17) is 11.6 Å². The van der Waals surface area contributed by atoms with Gasteiger partial charge in [-0.2, -0.15) is 0 Å². The van der Waals surface area contributed by atoms with E-state index >= 15 is 0 Å². The van der Waals surface area contributed by atoms with Crippen LogP contribution in [0.3, 0.4) is 0 Å². The van der Waals surface area contributed by atoms with E-state index in [1.165, 1.54) is 5.56 Å². The Bertz CT molecular complexity index is 388. The van der Waals surface area contributed by atoms with Crippen LogP contribution in [-0.4, -0.2) is 29.6 Å². The number of nitrogens with zero attached hydrogens (tertiary/aromatic N) is 1. The van der Waals surface area contributed by atoms with Gasteiger partial charge in [0.1, 0.15) is 0 Å². The molecule has 0 radical (unpaired) electrons. The second-order valence-electron chi connectivity index (χ2n) is 4.82. The molecule has 0 unspecified atom stereocenters. The molecule has 0 aromatic heterocycles. The van der Waals surface area contributed by atoms with Crippen molar-refractivity contribution in [1.29, 1.82) is 0 Å². The fourth-order valence-corrected chi connectivity index (χ4v) is 3.04. The highest BCUT2D eigenvalue weighted by Crippen LogP contribution is 2.15. The Labute approximate surface area is 131 Å². The molecule has 1 aromatic rings. The number of rotatable bonds is 9. The van der Waals surface area contributed by atoms with Gasteiger partial charge in [-0.25, -0.2) is 0 Å². The average molecular weight is 314 g/mol. The zero-order chi connectivity index (χ0) is 14.8. The highest BCUT2D eigenvalue weighted by Gasteiger charge is 2.11. The van der Waals surface area contributed by atoms with E-state index in [1.807, 2.05) is 17.0 Å². The first-order valence-electron chi connectivity index (χ1n) is 7.20. The van der Waals surface area contributed by atoms with Gasteiger partial charge in [0, 0.05) is 24.7 Å². The lowest BCUT2D eigenvalue weighted by atomic mass is 10.2. The molecule has 0 aliphatic heterocycles. The van der Waals surface area contributed by atoms with Crippen LogP contribution in [0.2, 0.25) is 0 Å². The van der Waals surface area contributed by atoms with Crippen molar-refractivity contribution in [2.45, 2.75) is 38.3 Å². The molecule has 0 aliphatic carbocycles. The Kier molecular flexibility index (Phi) is 8.79. The third kappa shape index (κ3) is 6.19. The summed E-state index contributed by atoms with van der Waals surface area (Å²) in [5.74, 6) is 2.25. The normalized spacial score (nSPS) is 10.6. The van der Waals surface area contributed by atoms with Crippen LogP contribution in [0.4, 0.5) is 0 Å². The zero-order valence-corrected chi connectivity index (χ0v) is 14.0. The Hall–Kier alpha value is -0.670. The lowest BCUT2D eigenvalue weighted by molar-refractivity contribution is -0.128. The first-order valence-corrected chi connectivity index (χ1v) is 8.89. The van der Waals surface area contributed by atoms with Gasteiger partial charge in [0.25, 0.3) is 0 Å². The highest BCUT2D eigenvalue weighted by molar-refractivity contribution is 7.99. The van der Waals surface area contributed by atoms with Crippen molar-refractivity contribution in [3.05, 3.63) is 35.4 Å². The summed E-state index contributed by atoms with van der Waals surface area (Å²) < 4.78 is 0. The van der Waals surface area contributed by atoms with Crippen molar-refractivity contribution >= 4 is 29.3 Å². The molecular formula is C16H24ClNOS. The van der Waals surface area contributed by atoms with E-state index in [0.717, 1.165) is 37.2 Å². The predicted octanol–water partition coefficient (Wildman–Crippen LogP) is 4.31. The number of halogens is 1. The van der Waals surface area contributed by atoms with Gasteiger partial charge in [0.05, 0.1) is 5.75 Å². The van der Waals surface area contributed by atoms with Gasteiger partial charge >= 0.3 is 0 Å². The standard InChI is InChI=1S/C16H24ClNOS/c1-3-9-18(10-4-2)16(19)13-20-12-15-7-5-14(11-17)6-8-15/h5-8H,3-4,9-13H2,1-2H3. The largest absolute Gasteiger partial charge is 0.342 e. The summed E-state index contributed by atoms with van der Waals surface area (Å²) >= 11 is 7.45. The minimum Gasteiger partial charge on any atom is -0.342 e. The minimum absolute atomic E-state index is 0.260. The summed E-state index contributed by atoms with van der Waals surface area (Å²) in [4.78, 5) is 14.1. The van der Waals surface area contributed by atoms with Gasteiger partial charge in [-0.05, 0) is 24.0 Å². The van der Waals surface area contributed by atoms with Crippen LogP contribution in [0.1, 0.15) is 37.8 Å². The Morgan fingerprint density at radius 3 is 2.15 bits per heavy atom. The minimum atomic E-state index is 0.260. The van der Waals surface area contributed by atoms with E-state index in [2.05, 4.69) is 26.0 Å². The molecule has 0 heterocycles. The first kappa shape index (κ1) is 17.4. The van der Waals surface area contributed by atoms with Crippen molar-refractivity contribution < 1.29 is 4.79 Å². The van der Waals surface area contributed by atoms with Crippen LogP contribution < -0.4 is 0 Å². The zero-order valence-electron chi connectivity index (χ0n) is 12.4. The van der Waals surface area contributed by atoms with Crippen molar-refractivity contribution in [3.63, 3.8) is 0 Å². The summed E-state index contributed by atoms with van der Waals surface area (Å²) in [6.45, 7) is 5.97. The number of benzene rings is 1. The second kappa shape index (κ2) is 10.1. The molecule has 0 saturated carbocycles. The molecule has 0 fully saturated rings. The number of hydrogen-bond donors (Lipinski definition) is 0. The molecule has 0 N–H and O–H groups in total. The maximum atomic E-state index is 12.1. The van der Waals surface area contributed by atoms with E-state index in [-0.39, 0.29) is 5.91 Å². The summed E-state index contributed by atoms with van der Waals surface area (Å²) in [5.41, 5.74) is 2.38. The quantitative estimate of drug-likeness (QED) is 0.633. The fourth-order valence-electron chi connectivity index (χ4n) is 1.97. The number of hydrogen-bond acceptors (Lipinski definition) is 2. The van der Waals surface area contributed by atoms with Crippen LogP contribution in [0.5, 0.6) is 0 Å². The van der Waals surface area contributed by atoms with Gasteiger partial charge in [-0.3, -0.25) is 4.79 Å². The molecule has 1 rings (SSSR count). The van der Waals surface area contributed by atoms with Crippen LogP contribution in [0.15, 0.2) is 24.3 Å². The fraction of sp³-hybridized carbons (Fsp3) is 0.562. The molecule has 20 heavy (non-hydrogen) atoms. The number of thioether (sulfide) groups is 1. The van der Waals surface area contributed by atoms with Gasteiger partial charge < -0.3 is 4.90 Å². The third-order valence-electron chi connectivity index (χ3n) is 3.01. The van der Waals surface area contributed by atoms with Crippen LogP contribution in [0.25, 0.3) is 0 Å². The number of carbonyl (C=O) groups is 1. The Balaban J connectivity index is 2.35. The maximum absolute atomic E-state index is 12.1. The van der Waals surface area contributed by atoms with Gasteiger partial charge in [-0.1, -0.05) is 38.1 Å². The number of alkyl halides is 1. The van der Waals surface area contributed by atoms with Crippen LogP contribution in [-0.2, 0) is 16.4 Å².